The maximum atomic E-state index is 12.3. The van der Waals surface area contributed by atoms with Crippen molar-refractivity contribution < 1.29 is 9.53 Å². The molecule has 3 heterocycles. The Morgan fingerprint density at radius 2 is 2.28 bits per heavy atom. The third-order valence-corrected chi connectivity index (χ3v) is 3.93. The largest absolute Gasteiger partial charge is 0.373 e. The van der Waals surface area contributed by atoms with Crippen molar-refractivity contribution >= 4 is 5.91 Å². The van der Waals surface area contributed by atoms with Crippen molar-refractivity contribution in [2.45, 2.75) is 25.4 Å². The van der Waals surface area contributed by atoms with Crippen molar-refractivity contribution in [2.75, 3.05) is 19.7 Å². The van der Waals surface area contributed by atoms with Gasteiger partial charge in [0.05, 0.1) is 18.8 Å². The highest BCUT2D eigenvalue weighted by molar-refractivity contribution is 5.94. The molecular formula is C14H18N2O2. The minimum Gasteiger partial charge on any atom is -0.373 e. The molecule has 1 spiro atoms. The normalized spacial score (nSPS) is 31.2. The molecule has 1 aromatic heterocycles. The van der Waals surface area contributed by atoms with Gasteiger partial charge in [-0.05, 0) is 30.9 Å². The molecule has 0 aromatic carbocycles. The molecule has 2 fully saturated rings. The van der Waals surface area contributed by atoms with Gasteiger partial charge in [0.15, 0.2) is 0 Å². The molecule has 0 saturated carbocycles. The highest BCUT2D eigenvalue weighted by atomic mass is 16.5. The predicted molar refractivity (Wildman–Crippen MR) is 67.2 cm³/mol. The lowest BCUT2D eigenvalue weighted by Gasteiger charge is -2.23. The van der Waals surface area contributed by atoms with E-state index < -0.39 is 0 Å². The van der Waals surface area contributed by atoms with Gasteiger partial charge in [0.2, 0.25) is 0 Å². The third kappa shape index (κ3) is 2.01. The van der Waals surface area contributed by atoms with E-state index in [1.54, 1.807) is 24.5 Å². The fourth-order valence-electron chi connectivity index (χ4n) is 3.05. The number of hydrogen-bond acceptors (Lipinski definition) is 3. The number of carbonyl (C=O) groups excluding carboxylic acids is 1. The predicted octanol–water partition coefficient (Wildman–Crippen LogP) is 1.72. The number of nitrogens with zero attached hydrogens (tertiary/aromatic N) is 2. The summed E-state index contributed by atoms with van der Waals surface area (Å²) in [4.78, 5) is 18.2. The van der Waals surface area contributed by atoms with Gasteiger partial charge in [-0.15, -0.1) is 0 Å². The van der Waals surface area contributed by atoms with Gasteiger partial charge in [-0.25, -0.2) is 0 Å². The fourth-order valence-corrected chi connectivity index (χ4v) is 3.05. The Balaban J connectivity index is 1.71. The van der Waals surface area contributed by atoms with Crippen LogP contribution in [0.1, 0.15) is 30.1 Å². The standard InChI is InChI=1S/C14H18N2O2/c1-11-8-14(18-9-11)4-7-16(10-14)13(17)12-2-5-15-6-3-12/h2-3,5-6,11H,4,7-10H2,1H3. The molecule has 18 heavy (non-hydrogen) atoms. The maximum Gasteiger partial charge on any atom is 0.254 e. The zero-order valence-electron chi connectivity index (χ0n) is 10.6. The molecule has 3 rings (SSSR count). The van der Waals surface area contributed by atoms with Crippen molar-refractivity contribution in [2.24, 2.45) is 5.92 Å². The summed E-state index contributed by atoms with van der Waals surface area (Å²) in [5.41, 5.74) is 0.648. The van der Waals surface area contributed by atoms with E-state index in [-0.39, 0.29) is 11.5 Å². The maximum absolute atomic E-state index is 12.3. The molecule has 1 amide bonds. The number of likely N-dealkylation sites (tertiary alicyclic amines) is 1. The first-order valence-electron chi connectivity index (χ1n) is 6.52. The summed E-state index contributed by atoms with van der Waals surface area (Å²) in [5, 5.41) is 0. The van der Waals surface area contributed by atoms with Crippen molar-refractivity contribution in [3.63, 3.8) is 0 Å². The van der Waals surface area contributed by atoms with Crippen LogP contribution in [0.3, 0.4) is 0 Å². The SMILES string of the molecule is CC1COC2(CCN(C(=O)c3ccncc3)C2)C1. The zero-order valence-corrected chi connectivity index (χ0v) is 10.6. The minimum absolute atomic E-state index is 0.0674. The number of hydrogen-bond donors (Lipinski definition) is 0. The molecule has 0 radical (unpaired) electrons. The first-order valence-corrected chi connectivity index (χ1v) is 6.52. The van der Waals surface area contributed by atoms with Crippen LogP contribution < -0.4 is 0 Å². The smallest absolute Gasteiger partial charge is 0.254 e. The zero-order chi connectivity index (χ0) is 12.6. The van der Waals surface area contributed by atoms with Crippen LogP contribution in [0, 0.1) is 5.92 Å². The van der Waals surface area contributed by atoms with E-state index in [9.17, 15) is 4.79 Å². The van der Waals surface area contributed by atoms with E-state index >= 15 is 0 Å². The third-order valence-electron chi connectivity index (χ3n) is 3.93. The van der Waals surface area contributed by atoms with Crippen molar-refractivity contribution in [1.29, 1.82) is 0 Å². The second kappa shape index (κ2) is 4.35. The fraction of sp³-hybridized carbons (Fsp3) is 0.571. The summed E-state index contributed by atoms with van der Waals surface area (Å²) in [6.45, 7) is 4.58. The average Bonchev–Trinajstić information content (AvgIpc) is 2.97. The van der Waals surface area contributed by atoms with E-state index in [0.29, 0.717) is 11.5 Å². The molecule has 96 valence electrons. The molecule has 0 N–H and O–H groups in total. The monoisotopic (exact) mass is 246 g/mol. The van der Waals surface area contributed by atoms with Gasteiger partial charge < -0.3 is 9.64 Å². The lowest BCUT2D eigenvalue weighted by Crippen LogP contribution is -2.35. The summed E-state index contributed by atoms with van der Waals surface area (Å²) in [7, 11) is 0. The summed E-state index contributed by atoms with van der Waals surface area (Å²) < 4.78 is 5.92. The molecule has 2 aliphatic rings. The lowest BCUT2D eigenvalue weighted by atomic mass is 9.94. The summed E-state index contributed by atoms with van der Waals surface area (Å²) in [6.07, 6.45) is 5.36. The number of pyridine rings is 1. The Morgan fingerprint density at radius 1 is 1.50 bits per heavy atom. The summed E-state index contributed by atoms with van der Waals surface area (Å²) >= 11 is 0. The van der Waals surface area contributed by atoms with Crippen molar-refractivity contribution in [1.82, 2.24) is 9.88 Å². The van der Waals surface area contributed by atoms with E-state index in [1.807, 2.05) is 4.90 Å². The van der Waals surface area contributed by atoms with Gasteiger partial charge in [0.25, 0.3) is 5.91 Å². The number of carbonyl (C=O) groups is 1. The summed E-state index contributed by atoms with van der Waals surface area (Å²) in [6, 6.07) is 3.54. The van der Waals surface area contributed by atoms with Crippen LogP contribution >= 0.6 is 0 Å². The number of aromatic nitrogens is 1. The molecule has 0 bridgehead atoms. The molecule has 4 nitrogen and oxygen atoms in total. The summed E-state index contributed by atoms with van der Waals surface area (Å²) in [5.74, 6) is 0.707. The van der Waals surface area contributed by atoms with Crippen LogP contribution in [0.25, 0.3) is 0 Å². The van der Waals surface area contributed by atoms with Gasteiger partial charge in [-0.3, -0.25) is 9.78 Å². The topological polar surface area (TPSA) is 42.4 Å². The van der Waals surface area contributed by atoms with E-state index in [2.05, 4.69) is 11.9 Å². The van der Waals surface area contributed by atoms with Gasteiger partial charge in [-0.1, -0.05) is 6.92 Å². The van der Waals surface area contributed by atoms with Crippen molar-refractivity contribution in [3.8, 4) is 0 Å². The number of rotatable bonds is 1. The highest BCUT2D eigenvalue weighted by Gasteiger charge is 2.45. The van der Waals surface area contributed by atoms with Gasteiger partial charge in [0.1, 0.15) is 0 Å². The molecule has 2 aliphatic heterocycles. The quantitative estimate of drug-likeness (QED) is 0.757. The second-order valence-electron chi connectivity index (χ2n) is 5.52. The Hall–Kier alpha value is -1.42. The van der Waals surface area contributed by atoms with Gasteiger partial charge >= 0.3 is 0 Å². The molecule has 0 aliphatic carbocycles. The van der Waals surface area contributed by atoms with Gasteiger partial charge in [0, 0.05) is 24.5 Å². The molecule has 2 unspecified atom stereocenters. The van der Waals surface area contributed by atoms with Crippen LogP contribution in [0.4, 0.5) is 0 Å². The van der Waals surface area contributed by atoms with E-state index in [4.69, 9.17) is 4.74 Å². The Kier molecular flexibility index (Phi) is 2.82. The number of ether oxygens (including phenoxy) is 1. The molecule has 1 aromatic rings. The van der Waals surface area contributed by atoms with Crippen LogP contribution in [-0.4, -0.2) is 41.1 Å². The minimum atomic E-state index is -0.0674. The second-order valence-corrected chi connectivity index (χ2v) is 5.52. The van der Waals surface area contributed by atoms with Crippen LogP contribution in [-0.2, 0) is 4.74 Å². The first kappa shape index (κ1) is 11.7. The molecular weight excluding hydrogens is 228 g/mol. The Morgan fingerprint density at radius 3 is 2.94 bits per heavy atom. The first-order chi connectivity index (χ1) is 8.69. The Bertz CT molecular complexity index is 448. The highest BCUT2D eigenvalue weighted by Crippen LogP contribution is 2.37. The molecule has 2 atom stereocenters. The lowest BCUT2D eigenvalue weighted by molar-refractivity contribution is 0.0118. The number of amides is 1. The van der Waals surface area contributed by atoms with E-state index in [1.165, 1.54) is 0 Å². The van der Waals surface area contributed by atoms with Gasteiger partial charge in [-0.2, -0.15) is 0 Å². The Labute approximate surface area is 107 Å². The van der Waals surface area contributed by atoms with Crippen molar-refractivity contribution in [3.05, 3.63) is 30.1 Å². The molecule has 4 heteroatoms. The van der Waals surface area contributed by atoms with Crippen LogP contribution in [0.5, 0.6) is 0 Å². The van der Waals surface area contributed by atoms with Crippen LogP contribution in [0.15, 0.2) is 24.5 Å². The van der Waals surface area contributed by atoms with Crippen LogP contribution in [0.2, 0.25) is 0 Å². The van der Waals surface area contributed by atoms with E-state index in [0.717, 1.165) is 32.5 Å². The average molecular weight is 246 g/mol. The molecule has 2 saturated heterocycles.